The van der Waals surface area contributed by atoms with Gasteiger partial charge in [-0.25, -0.2) is 0 Å². The molecule has 1 fully saturated rings. The first kappa shape index (κ1) is 17.5. The summed E-state index contributed by atoms with van der Waals surface area (Å²) < 4.78 is 5.46. The summed E-state index contributed by atoms with van der Waals surface area (Å²) in [4.78, 5) is 23.5. The third-order valence-electron chi connectivity index (χ3n) is 5.40. The summed E-state index contributed by atoms with van der Waals surface area (Å²) in [6.45, 7) is 3.55. The number of piperidine rings is 1. The maximum Gasteiger partial charge on any atom is 0.255 e. The van der Waals surface area contributed by atoms with Crippen molar-refractivity contribution in [1.29, 1.82) is 0 Å². The molecule has 0 radical (unpaired) electrons. The van der Waals surface area contributed by atoms with Crippen molar-refractivity contribution in [2.24, 2.45) is 0 Å². The molecule has 1 aliphatic heterocycles. The second-order valence-electron chi connectivity index (χ2n) is 7.06. The van der Waals surface area contributed by atoms with E-state index in [1.165, 1.54) is 0 Å². The molecule has 1 aliphatic rings. The number of aromatic nitrogens is 2. The van der Waals surface area contributed by atoms with Crippen molar-refractivity contribution in [2.75, 3.05) is 20.2 Å². The number of benzene rings is 1. The summed E-state index contributed by atoms with van der Waals surface area (Å²) in [7, 11) is 1.69. The Labute approximate surface area is 159 Å². The van der Waals surface area contributed by atoms with Gasteiger partial charge in [0.25, 0.3) is 5.91 Å². The Kier molecular flexibility index (Phi) is 4.75. The minimum absolute atomic E-state index is 0.0476. The minimum Gasteiger partial charge on any atom is -0.496 e. The average Bonchev–Trinajstić information content (AvgIpc) is 2.74. The van der Waals surface area contributed by atoms with E-state index in [1.54, 1.807) is 25.6 Å². The number of fused-ring (bicyclic) bond motifs is 1. The molecule has 5 heteroatoms. The first-order chi connectivity index (χ1) is 13.2. The van der Waals surface area contributed by atoms with Gasteiger partial charge in [-0.15, -0.1) is 0 Å². The van der Waals surface area contributed by atoms with Crippen LogP contribution in [-0.4, -0.2) is 41.0 Å². The van der Waals surface area contributed by atoms with E-state index in [-0.39, 0.29) is 11.8 Å². The Morgan fingerprint density at radius 3 is 2.93 bits per heavy atom. The van der Waals surface area contributed by atoms with Crippen LogP contribution in [0.15, 0.2) is 48.9 Å². The molecule has 4 rings (SSSR count). The molecule has 0 bridgehead atoms. The number of pyridine rings is 2. The normalized spacial score (nSPS) is 17.1. The molecular weight excluding hydrogens is 338 g/mol. The number of aryl methyl sites for hydroxylation is 1. The van der Waals surface area contributed by atoms with E-state index in [1.807, 2.05) is 29.3 Å². The lowest BCUT2D eigenvalue weighted by molar-refractivity contribution is 0.0705. The fraction of sp³-hybridized carbons (Fsp3) is 0.318. The second-order valence-corrected chi connectivity index (χ2v) is 7.06. The number of likely N-dealkylation sites (tertiary alicyclic amines) is 1. The summed E-state index contributed by atoms with van der Waals surface area (Å²) in [5.74, 6) is 1.18. The van der Waals surface area contributed by atoms with E-state index in [0.29, 0.717) is 12.1 Å². The van der Waals surface area contributed by atoms with Crippen molar-refractivity contribution in [3.05, 3.63) is 65.7 Å². The monoisotopic (exact) mass is 361 g/mol. The van der Waals surface area contributed by atoms with E-state index in [9.17, 15) is 4.79 Å². The molecule has 0 saturated carbocycles. The average molecular weight is 361 g/mol. The lowest BCUT2D eigenvalue weighted by Gasteiger charge is -2.32. The van der Waals surface area contributed by atoms with E-state index >= 15 is 0 Å². The molecule has 2 aromatic heterocycles. The van der Waals surface area contributed by atoms with Gasteiger partial charge in [0.2, 0.25) is 0 Å². The molecule has 0 spiro atoms. The van der Waals surface area contributed by atoms with Crippen molar-refractivity contribution < 1.29 is 9.53 Å². The molecule has 3 heterocycles. The molecule has 0 aliphatic carbocycles. The number of hydrogen-bond acceptors (Lipinski definition) is 4. The Morgan fingerprint density at radius 2 is 2.15 bits per heavy atom. The highest BCUT2D eigenvalue weighted by Crippen LogP contribution is 2.31. The molecule has 3 aromatic rings. The first-order valence-electron chi connectivity index (χ1n) is 9.30. The van der Waals surface area contributed by atoms with E-state index in [0.717, 1.165) is 47.2 Å². The number of carbonyl (C=O) groups excluding carboxylic acids is 1. The third-order valence-corrected chi connectivity index (χ3v) is 5.40. The van der Waals surface area contributed by atoms with Crippen molar-refractivity contribution in [3.63, 3.8) is 0 Å². The molecule has 1 aromatic carbocycles. The van der Waals surface area contributed by atoms with Gasteiger partial charge in [-0.1, -0.05) is 0 Å². The predicted octanol–water partition coefficient (Wildman–Crippen LogP) is 3.97. The van der Waals surface area contributed by atoms with Gasteiger partial charge in [0.05, 0.1) is 12.7 Å². The van der Waals surface area contributed by atoms with Crippen molar-refractivity contribution >= 4 is 16.7 Å². The number of amides is 1. The Morgan fingerprint density at radius 1 is 1.26 bits per heavy atom. The molecule has 0 N–H and O–H groups in total. The quantitative estimate of drug-likeness (QED) is 0.708. The van der Waals surface area contributed by atoms with Gasteiger partial charge >= 0.3 is 0 Å². The second kappa shape index (κ2) is 7.35. The van der Waals surface area contributed by atoms with Gasteiger partial charge in [0, 0.05) is 48.7 Å². The highest BCUT2D eigenvalue weighted by molar-refractivity contribution is 5.94. The zero-order valence-corrected chi connectivity index (χ0v) is 15.7. The van der Waals surface area contributed by atoms with E-state index < -0.39 is 0 Å². The predicted molar refractivity (Wildman–Crippen MR) is 105 cm³/mol. The largest absolute Gasteiger partial charge is 0.496 e. The summed E-state index contributed by atoms with van der Waals surface area (Å²) >= 11 is 0. The van der Waals surface area contributed by atoms with Crippen molar-refractivity contribution in [3.8, 4) is 5.75 Å². The van der Waals surface area contributed by atoms with Gasteiger partial charge < -0.3 is 9.64 Å². The summed E-state index contributed by atoms with van der Waals surface area (Å²) in [6.07, 6.45) is 7.27. The minimum atomic E-state index is 0.0476. The van der Waals surface area contributed by atoms with Crippen LogP contribution in [-0.2, 0) is 0 Å². The summed E-state index contributed by atoms with van der Waals surface area (Å²) in [6, 6.07) is 9.81. The standard InChI is InChI=1S/C22H23N3O2/c1-15-19-11-20(24-13-16(19)7-8-21(15)27-2)18-6-4-10-25(14-18)22(26)17-5-3-9-23-12-17/h3,5,7-9,11-13,18H,4,6,10,14H2,1-2H3/t18-/m1/s1. The number of hydrogen-bond donors (Lipinski definition) is 0. The van der Waals surface area contributed by atoms with Crippen LogP contribution in [0.1, 0.15) is 40.4 Å². The maximum absolute atomic E-state index is 12.8. The van der Waals surface area contributed by atoms with Crippen LogP contribution in [0.2, 0.25) is 0 Å². The highest BCUT2D eigenvalue weighted by Gasteiger charge is 2.26. The van der Waals surface area contributed by atoms with Crippen LogP contribution in [0.4, 0.5) is 0 Å². The maximum atomic E-state index is 12.8. The van der Waals surface area contributed by atoms with Crippen LogP contribution in [0.3, 0.4) is 0 Å². The number of ether oxygens (including phenoxy) is 1. The van der Waals surface area contributed by atoms with Crippen LogP contribution < -0.4 is 4.74 Å². The molecule has 27 heavy (non-hydrogen) atoms. The molecule has 5 nitrogen and oxygen atoms in total. The third kappa shape index (κ3) is 3.37. The zero-order valence-electron chi connectivity index (χ0n) is 15.7. The van der Waals surface area contributed by atoms with Crippen LogP contribution >= 0.6 is 0 Å². The Bertz CT molecular complexity index is 972. The van der Waals surface area contributed by atoms with Crippen LogP contribution in [0.5, 0.6) is 5.75 Å². The van der Waals surface area contributed by atoms with Crippen molar-refractivity contribution in [1.82, 2.24) is 14.9 Å². The summed E-state index contributed by atoms with van der Waals surface area (Å²) in [5.41, 5.74) is 2.81. The lowest BCUT2D eigenvalue weighted by Crippen LogP contribution is -2.39. The molecule has 1 amide bonds. The van der Waals surface area contributed by atoms with Gasteiger partial charge in [0.15, 0.2) is 0 Å². The molecule has 1 saturated heterocycles. The van der Waals surface area contributed by atoms with Gasteiger partial charge in [-0.05, 0) is 61.0 Å². The zero-order chi connectivity index (χ0) is 18.8. The molecule has 138 valence electrons. The van der Waals surface area contributed by atoms with Crippen LogP contribution in [0.25, 0.3) is 10.8 Å². The Hall–Kier alpha value is -2.95. The smallest absolute Gasteiger partial charge is 0.255 e. The Balaban J connectivity index is 1.61. The lowest BCUT2D eigenvalue weighted by atomic mass is 9.92. The topological polar surface area (TPSA) is 55.3 Å². The number of methoxy groups -OCH3 is 1. The number of nitrogens with zero attached hydrogens (tertiary/aromatic N) is 3. The molecule has 0 unspecified atom stereocenters. The number of rotatable bonds is 3. The fourth-order valence-corrected chi connectivity index (χ4v) is 3.88. The van der Waals surface area contributed by atoms with Gasteiger partial charge in [0.1, 0.15) is 5.75 Å². The SMILES string of the molecule is COc1ccc2cnc([C@@H]3CCCN(C(=O)c4cccnc4)C3)cc2c1C. The molecular formula is C22H23N3O2. The fourth-order valence-electron chi connectivity index (χ4n) is 3.88. The summed E-state index contributed by atoms with van der Waals surface area (Å²) in [5, 5.41) is 2.27. The first-order valence-corrected chi connectivity index (χ1v) is 9.30. The highest BCUT2D eigenvalue weighted by atomic mass is 16.5. The van der Waals surface area contributed by atoms with Crippen LogP contribution in [0, 0.1) is 6.92 Å². The van der Waals surface area contributed by atoms with E-state index in [2.05, 4.69) is 18.0 Å². The van der Waals surface area contributed by atoms with Gasteiger partial charge in [-0.3, -0.25) is 14.8 Å². The van der Waals surface area contributed by atoms with Crippen molar-refractivity contribution in [2.45, 2.75) is 25.7 Å². The molecule has 1 atom stereocenters. The van der Waals surface area contributed by atoms with Gasteiger partial charge in [-0.2, -0.15) is 0 Å². The number of carbonyl (C=O) groups is 1. The van der Waals surface area contributed by atoms with E-state index in [4.69, 9.17) is 9.72 Å².